The Labute approximate surface area is 108 Å². The number of anilines is 1. The van der Waals surface area contributed by atoms with Gasteiger partial charge in [-0.25, -0.2) is 4.39 Å². The van der Waals surface area contributed by atoms with E-state index >= 15 is 0 Å². The maximum Gasteiger partial charge on any atom is 0.123 e. The molecule has 0 radical (unpaired) electrons. The second kappa shape index (κ2) is 5.27. The fourth-order valence-electron chi connectivity index (χ4n) is 3.02. The molecule has 1 aromatic carbocycles. The Morgan fingerprint density at radius 2 is 2.00 bits per heavy atom. The molecule has 2 rings (SSSR count). The third-order valence-corrected chi connectivity index (χ3v) is 4.53. The minimum Gasteiger partial charge on any atom is -0.394 e. The van der Waals surface area contributed by atoms with Gasteiger partial charge >= 0.3 is 0 Å². The van der Waals surface area contributed by atoms with Crippen LogP contribution in [0.2, 0.25) is 0 Å². The smallest absolute Gasteiger partial charge is 0.123 e. The molecule has 0 aliphatic heterocycles. The maximum absolute atomic E-state index is 12.9. The lowest BCUT2D eigenvalue weighted by Crippen LogP contribution is -2.52. The van der Waals surface area contributed by atoms with Crippen LogP contribution in [0, 0.1) is 17.7 Å². The van der Waals surface area contributed by atoms with E-state index < -0.39 is 0 Å². The second-order valence-corrected chi connectivity index (χ2v) is 5.60. The Balaban J connectivity index is 2.19. The zero-order chi connectivity index (χ0) is 13.2. The molecule has 1 saturated carbocycles. The Morgan fingerprint density at radius 3 is 2.61 bits per heavy atom. The van der Waals surface area contributed by atoms with Gasteiger partial charge in [-0.3, -0.25) is 0 Å². The van der Waals surface area contributed by atoms with Crippen LogP contribution in [0.4, 0.5) is 10.1 Å². The van der Waals surface area contributed by atoms with E-state index in [0.717, 1.165) is 18.5 Å². The van der Waals surface area contributed by atoms with Crippen molar-refractivity contribution in [2.75, 3.05) is 11.9 Å². The van der Waals surface area contributed by atoms with Crippen molar-refractivity contribution in [3.8, 4) is 0 Å². The van der Waals surface area contributed by atoms with Crippen LogP contribution in [0.3, 0.4) is 0 Å². The summed E-state index contributed by atoms with van der Waals surface area (Å²) in [4.78, 5) is 0. The first-order chi connectivity index (χ1) is 8.57. The molecular weight excluding hydrogens is 229 g/mol. The maximum atomic E-state index is 12.9. The fourth-order valence-corrected chi connectivity index (χ4v) is 3.02. The average Bonchev–Trinajstić information content (AvgIpc) is 2.38. The summed E-state index contributed by atoms with van der Waals surface area (Å²) in [7, 11) is 0. The SMILES string of the molecule is CC1CCCC(CO)(Nc2ccc(F)cc2)C1C. The molecule has 3 unspecified atom stereocenters. The average molecular weight is 251 g/mol. The number of aliphatic hydroxyl groups is 1. The van der Waals surface area contributed by atoms with Crippen LogP contribution in [0.15, 0.2) is 24.3 Å². The molecule has 3 atom stereocenters. The number of halogens is 1. The first kappa shape index (κ1) is 13.3. The molecule has 18 heavy (non-hydrogen) atoms. The molecule has 100 valence electrons. The van der Waals surface area contributed by atoms with E-state index in [1.165, 1.54) is 18.6 Å². The molecule has 0 saturated heterocycles. The molecule has 0 spiro atoms. The van der Waals surface area contributed by atoms with Crippen molar-refractivity contribution in [2.24, 2.45) is 11.8 Å². The largest absolute Gasteiger partial charge is 0.394 e. The van der Waals surface area contributed by atoms with E-state index in [1.807, 2.05) is 0 Å². The van der Waals surface area contributed by atoms with Gasteiger partial charge in [0.2, 0.25) is 0 Å². The van der Waals surface area contributed by atoms with E-state index in [4.69, 9.17) is 0 Å². The molecule has 0 amide bonds. The predicted octanol–water partition coefficient (Wildman–Crippen LogP) is 3.42. The number of hydrogen-bond acceptors (Lipinski definition) is 2. The van der Waals surface area contributed by atoms with Gasteiger partial charge in [0.25, 0.3) is 0 Å². The summed E-state index contributed by atoms with van der Waals surface area (Å²) in [5, 5.41) is 13.2. The van der Waals surface area contributed by atoms with Gasteiger partial charge < -0.3 is 10.4 Å². The van der Waals surface area contributed by atoms with E-state index in [9.17, 15) is 9.50 Å². The molecule has 1 aliphatic carbocycles. The van der Waals surface area contributed by atoms with Crippen molar-refractivity contribution in [3.63, 3.8) is 0 Å². The summed E-state index contributed by atoms with van der Waals surface area (Å²) in [6, 6.07) is 6.37. The number of nitrogens with one attached hydrogen (secondary N) is 1. The molecule has 2 nitrogen and oxygen atoms in total. The summed E-state index contributed by atoms with van der Waals surface area (Å²) < 4.78 is 12.9. The van der Waals surface area contributed by atoms with Gasteiger partial charge in [0, 0.05) is 5.69 Å². The topological polar surface area (TPSA) is 32.3 Å². The summed E-state index contributed by atoms with van der Waals surface area (Å²) >= 11 is 0. The number of rotatable bonds is 3. The van der Waals surface area contributed by atoms with Gasteiger partial charge in [-0.1, -0.05) is 26.7 Å². The van der Waals surface area contributed by atoms with Crippen molar-refractivity contribution in [1.82, 2.24) is 0 Å². The number of aliphatic hydroxyl groups excluding tert-OH is 1. The van der Waals surface area contributed by atoms with Gasteiger partial charge in [0.15, 0.2) is 0 Å². The predicted molar refractivity (Wildman–Crippen MR) is 72.0 cm³/mol. The zero-order valence-corrected chi connectivity index (χ0v) is 11.1. The van der Waals surface area contributed by atoms with Crippen LogP contribution in [0.1, 0.15) is 33.1 Å². The fraction of sp³-hybridized carbons (Fsp3) is 0.600. The molecule has 1 aliphatic rings. The summed E-state index contributed by atoms with van der Waals surface area (Å²) in [6.45, 7) is 4.55. The van der Waals surface area contributed by atoms with Crippen molar-refractivity contribution in [2.45, 2.75) is 38.6 Å². The standard InChI is InChI=1S/C15H22FNO/c1-11-4-3-9-15(10-18,12(11)2)17-14-7-5-13(16)6-8-14/h5-8,11-12,17-18H,3-4,9-10H2,1-2H3. The third-order valence-electron chi connectivity index (χ3n) is 4.53. The summed E-state index contributed by atoms with van der Waals surface area (Å²) in [6.07, 6.45) is 3.31. The van der Waals surface area contributed by atoms with Gasteiger partial charge in [-0.15, -0.1) is 0 Å². The van der Waals surface area contributed by atoms with Crippen LogP contribution in [0.25, 0.3) is 0 Å². The molecule has 3 heteroatoms. The molecular formula is C15H22FNO. The van der Waals surface area contributed by atoms with Gasteiger partial charge in [-0.05, 0) is 42.5 Å². The molecule has 1 fully saturated rings. The van der Waals surface area contributed by atoms with Crippen molar-refractivity contribution in [3.05, 3.63) is 30.1 Å². The van der Waals surface area contributed by atoms with Crippen LogP contribution >= 0.6 is 0 Å². The van der Waals surface area contributed by atoms with Crippen LogP contribution < -0.4 is 5.32 Å². The zero-order valence-electron chi connectivity index (χ0n) is 11.1. The lowest BCUT2D eigenvalue weighted by molar-refractivity contribution is 0.0925. The molecule has 1 aromatic rings. The van der Waals surface area contributed by atoms with E-state index in [2.05, 4.69) is 19.2 Å². The second-order valence-electron chi connectivity index (χ2n) is 5.60. The first-order valence-corrected chi connectivity index (χ1v) is 6.72. The first-order valence-electron chi connectivity index (χ1n) is 6.72. The van der Waals surface area contributed by atoms with E-state index in [-0.39, 0.29) is 18.0 Å². The highest BCUT2D eigenvalue weighted by Gasteiger charge is 2.40. The van der Waals surface area contributed by atoms with Crippen molar-refractivity contribution < 1.29 is 9.50 Å². The highest BCUT2D eigenvalue weighted by molar-refractivity contribution is 5.46. The summed E-state index contributed by atoms with van der Waals surface area (Å²) in [5.74, 6) is 0.767. The molecule has 0 aromatic heterocycles. The van der Waals surface area contributed by atoms with Crippen LogP contribution in [-0.2, 0) is 0 Å². The van der Waals surface area contributed by atoms with Crippen molar-refractivity contribution >= 4 is 5.69 Å². The summed E-state index contributed by atoms with van der Waals surface area (Å²) in [5.41, 5.74) is 0.613. The van der Waals surface area contributed by atoms with Crippen LogP contribution in [0.5, 0.6) is 0 Å². The number of benzene rings is 1. The Morgan fingerprint density at radius 1 is 1.33 bits per heavy atom. The lowest BCUT2D eigenvalue weighted by atomic mass is 9.68. The quantitative estimate of drug-likeness (QED) is 0.862. The lowest BCUT2D eigenvalue weighted by Gasteiger charge is -2.46. The Hall–Kier alpha value is -1.09. The normalized spacial score (nSPS) is 32.2. The Bertz CT molecular complexity index is 392. The van der Waals surface area contributed by atoms with Crippen molar-refractivity contribution in [1.29, 1.82) is 0 Å². The monoisotopic (exact) mass is 251 g/mol. The third kappa shape index (κ3) is 2.51. The Kier molecular flexibility index (Phi) is 3.91. The van der Waals surface area contributed by atoms with Gasteiger partial charge in [0.05, 0.1) is 12.1 Å². The van der Waals surface area contributed by atoms with Gasteiger partial charge in [-0.2, -0.15) is 0 Å². The minimum atomic E-state index is -0.268. The minimum absolute atomic E-state index is 0.121. The highest BCUT2D eigenvalue weighted by Crippen LogP contribution is 2.39. The highest BCUT2D eigenvalue weighted by atomic mass is 19.1. The molecule has 0 bridgehead atoms. The van der Waals surface area contributed by atoms with E-state index in [1.54, 1.807) is 12.1 Å². The van der Waals surface area contributed by atoms with Gasteiger partial charge in [0.1, 0.15) is 5.82 Å². The van der Waals surface area contributed by atoms with E-state index in [0.29, 0.717) is 11.8 Å². The molecule has 0 heterocycles. The number of hydrogen-bond donors (Lipinski definition) is 2. The van der Waals surface area contributed by atoms with Crippen LogP contribution in [-0.4, -0.2) is 17.3 Å². The molecule has 2 N–H and O–H groups in total.